The number of nitrogens with two attached hydrogens (primary N) is 1. The molecule has 2 atom stereocenters. The second-order valence-electron chi connectivity index (χ2n) is 9.15. The summed E-state index contributed by atoms with van der Waals surface area (Å²) < 4.78 is 5.29. The molecule has 1 aromatic rings. The number of hydrogen-bond acceptors (Lipinski definition) is 7. The molecule has 0 spiro atoms. The van der Waals surface area contributed by atoms with Gasteiger partial charge in [-0.05, 0) is 46.5 Å². The highest BCUT2D eigenvalue weighted by atomic mass is 16.6. The quantitative estimate of drug-likeness (QED) is 0.577. The van der Waals surface area contributed by atoms with Gasteiger partial charge in [-0.2, -0.15) is 4.98 Å². The lowest BCUT2D eigenvalue weighted by Crippen LogP contribution is -2.45. The van der Waals surface area contributed by atoms with Crippen molar-refractivity contribution in [3.8, 4) is 11.8 Å². The lowest BCUT2D eigenvalue weighted by atomic mass is 9.86. The van der Waals surface area contributed by atoms with Gasteiger partial charge in [-0.25, -0.2) is 9.78 Å². The number of rotatable bonds is 6. The zero-order valence-electron chi connectivity index (χ0n) is 19.8. The monoisotopic (exact) mass is 444 g/mol. The van der Waals surface area contributed by atoms with Gasteiger partial charge < -0.3 is 26.0 Å². The standard InChI is InChI=1S/C23H36N6O3/c1-6-12-25-20-17(14-26-21(24)28-20)11-10-16-8-7-9-18(13-16)27-19(30)15-29(5)22(31)32-23(2,3)4/h14,16,18H,6-9,12-13,15H2,1-5H3,(H,27,30)(H3,24,25,26,28)/t16-,18-/m0/s1. The number of anilines is 2. The Morgan fingerprint density at radius 3 is 2.78 bits per heavy atom. The van der Waals surface area contributed by atoms with Crippen LogP contribution >= 0.6 is 0 Å². The van der Waals surface area contributed by atoms with E-state index in [4.69, 9.17) is 10.5 Å². The van der Waals surface area contributed by atoms with E-state index in [1.165, 1.54) is 4.90 Å². The number of hydrogen-bond donors (Lipinski definition) is 3. The number of ether oxygens (including phenoxy) is 1. The number of likely N-dealkylation sites (N-methyl/N-ethyl adjacent to an activating group) is 1. The Hall–Kier alpha value is -3.02. The molecule has 1 fully saturated rings. The van der Waals surface area contributed by atoms with Gasteiger partial charge in [0.1, 0.15) is 18.0 Å². The van der Waals surface area contributed by atoms with E-state index in [0.717, 1.165) is 44.2 Å². The molecule has 32 heavy (non-hydrogen) atoms. The van der Waals surface area contributed by atoms with Gasteiger partial charge in [0.2, 0.25) is 11.9 Å². The van der Waals surface area contributed by atoms with Gasteiger partial charge in [-0.3, -0.25) is 4.79 Å². The van der Waals surface area contributed by atoms with Crippen LogP contribution in [0.4, 0.5) is 16.6 Å². The van der Waals surface area contributed by atoms with E-state index >= 15 is 0 Å². The number of carbonyl (C=O) groups is 2. The first-order valence-corrected chi connectivity index (χ1v) is 11.2. The second kappa shape index (κ2) is 11.6. The molecular weight excluding hydrogens is 408 g/mol. The molecule has 1 aliphatic rings. The molecule has 2 amide bonds. The fourth-order valence-corrected chi connectivity index (χ4v) is 3.39. The summed E-state index contributed by atoms with van der Waals surface area (Å²) in [5.41, 5.74) is 5.82. The first kappa shape index (κ1) is 25.2. The van der Waals surface area contributed by atoms with E-state index in [-0.39, 0.29) is 30.4 Å². The van der Waals surface area contributed by atoms with Crippen LogP contribution in [0.25, 0.3) is 0 Å². The van der Waals surface area contributed by atoms with Crippen LogP contribution in [0, 0.1) is 17.8 Å². The van der Waals surface area contributed by atoms with Gasteiger partial charge in [0.25, 0.3) is 0 Å². The minimum absolute atomic E-state index is 0.0305. The van der Waals surface area contributed by atoms with Crippen LogP contribution in [0.2, 0.25) is 0 Å². The zero-order valence-corrected chi connectivity index (χ0v) is 19.8. The fourth-order valence-electron chi connectivity index (χ4n) is 3.39. The lowest BCUT2D eigenvalue weighted by molar-refractivity contribution is -0.123. The van der Waals surface area contributed by atoms with Crippen molar-refractivity contribution in [2.45, 2.75) is 71.4 Å². The summed E-state index contributed by atoms with van der Waals surface area (Å²) in [6.45, 7) is 8.19. The Bertz CT molecular complexity index is 856. The Morgan fingerprint density at radius 1 is 1.34 bits per heavy atom. The summed E-state index contributed by atoms with van der Waals surface area (Å²) in [7, 11) is 1.56. The Balaban J connectivity index is 1.92. The van der Waals surface area contributed by atoms with Crippen molar-refractivity contribution in [2.24, 2.45) is 5.92 Å². The predicted molar refractivity (Wildman–Crippen MR) is 125 cm³/mol. The Morgan fingerprint density at radius 2 is 2.09 bits per heavy atom. The first-order chi connectivity index (χ1) is 15.1. The average molecular weight is 445 g/mol. The third kappa shape index (κ3) is 8.61. The van der Waals surface area contributed by atoms with Gasteiger partial charge in [-0.1, -0.05) is 25.2 Å². The molecule has 176 valence electrons. The summed E-state index contributed by atoms with van der Waals surface area (Å²) in [6, 6.07) is 0.0305. The molecule has 1 saturated carbocycles. The highest BCUT2D eigenvalue weighted by Crippen LogP contribution is 2.24. The molecule has 0 aliphatic heterocycles. The third-order valence-corrected chi connectivity index (χ3v) is 4.89. The van der Waals surface area contributed by atoms with Crippen molar-refractivity contribution in [1.82, 2.24) is 20.2 Å². The van der Waals surface area contributed by atoms with E-state index in [2.05, 4.69) is 39.4 Å². The maximum atomic E-state index is 12.4. The molecular formula is C23H36N6O3. The summed E-state index contributed by atoms with van der Waals surface area (Å²) in [4.78, 5) is 34.1. The molecule has 0 bridgehead atoms. The summed E-state index contributed by atoms with van der Waals surface area (Å²) >= 11 is 0. The lowest BCUT2D eigenvalue weighted by Gasteiger charge is -2.28. The molecule has 4 N–H and O–H groups in total. The van der Waals surface area contributed by atoms with E-state index in [0.29, 0.717) is 5.82 Å². The molecule has 1 aromatic heterocycles. The highest BCUT2D eigenvalue weighted by Gasteiger charge is 2.25. The van der Waals surface area contributed by atoms with E-state index in [1.807, 2.05) is 0 Å². The molecule has 0 radical (unpaired) electrons. The van der Waals surface area contributed by atoms with E-state index < -0.39 is 11.7 Å². The number of aromatic nitrogens is 2. The highest BCUT2D eigenvalue weighted by molar-refractivity contribution is 5.82. The topological polar surface area (TPSA) is 122 Å². The predicted octanol–water partition coefficient (Wildman–Crippen LogP) is 2.77. The number of nitrogens with one attached hydrogen (secondary N) is 2. The smallest absolute Gasteiger partial charge is 0.410 e. The van der Waals surface area contributed by atoms with Gasteiger partial charge in [0.15, 0.2) is 0 Å². The van der Waals surface area contributed by atoms with Crippen molar-refractivity contribution >= 4 is 23.8 Å². The van der Waals surface area contributed by atoms with Crippen LogP contribution in [0.3, 0.4) is 0 Å². The molecule has 0 unspecified atom stereocenters. The minimum Gasteiger partial charge on any atom is -0.444 e. The first-order valence-electron chi connectivity index (χ1n) is 11.2. The van der Waals surface area contributed by atoms with Gasteiger partial charge in [0, 0.05) is 25.6 Å². The molecule has 0 aromatic carbocycles. The summed E-state index contributed by atoms with van der Waals surface area (Å²) in [5, 5.41) is 6.27. The van der Waals surface area contributed by atoms with Crippen molar-refractivity contribution < 1.29 is 14.3 Å². The number of carbonyl (C=O) groups excluding carboxylic acids is 2. The van der Waals surface area contributed by atoms with Crippen LogP contribution in [0.1, 0.15) is 65.4 Å². The SMILES string of the molecule is CCCNc1nc(N)ncc1C#C[C@@H]1CCC[C@H](NC(=O)CN(C)C(=O)OC(C)(C)C)C1. The molecule has 1 aliphatic carbocycles. The number of nitrogens with zero attached hydrogens (tertiary/aromatic N) is 3. The maximum Gasteiger partial charge on any atom is 0.410 e. The number of nitrogen functional groups attached to an aromatic ring is 1. The Kier molecular flexibility index (Phi) is 9.12. The van der Waals surface area contributed by atoms with E-state index in [1.54, 1.807) is 34.0 Å². The van der Waals surface area contributed by atoms with Crippen LogP contribution in [0.15, 0.2) is 6.20 Å². The van der Waals surface area contributed by atoms with Crippen molar-refractivity contribution in [3.63, 3.8) is 0 Å². The molecule has 2 rings (SSSR count). The van der Waals surface area contributed by atoms with Crippen LogP contribution in [-0.2, 0) is 9.53 Å². The zero-order chi connectivity index (χ0) is 23.7. The normalized spacial score (nSPS) is 18.2. The van der Waals surface area contributed by atoms with Gasteiger partial charge >= 0.3 is 6.09 Å². The maximum absolute atomic E-state index is 12.4. The van der Waals surface area contributed by atoms with Crippen LogP contribution in [-0.4, -0.2) is 58.6 Å². The third-order valence-electron chi connectivity index (χ3n) is 4.89. The molecule has 9 heteroatoms. The summed E-state index contributed by atoms with van der Waals surface area (Å²) in [6.07, 6.45) is 5.71. The molecule has 9 nitrogen and oxygen atoms in total. The molecule has 0 saturated heterocycles. The van der Waals surface area contributed by atoms with Gasteiger partial charge in [-0.15, -0.1) is 0 Å². The van der Waals surface area contributed by atoms with E-state index in [9.17, 15) is 9.59 Å². The van der Waals surface area contributed by atoms with Crippen molar-refractivity contribution in [1.29, 1.82) is 0 Å². The van der Waals surface area contributed by atoms with Gasteiger partial charge in [0.05, 0.1) is 11.8 Å². The van der Waals surface area contributed by atoms with Crippen LogP contribution in [0.5, 0.6) is 0 Å². The number of amides is 2. The second-order valence-corrected chi connectivity index (χ2v) is 9.15. The van der Waals surface area contributed by atoms with Crippen molar-refractivity contribution in [2.75, 3.05) is 31.2 Å². The minimum atomic E-state index is -0.599. The average Bonchev–Trinajstić information content (AvgIpc) is 2.70. The molecule has 1 heterocycles. The Labute approximate surface area is 190 Å². The largest absolute Gasteiger partial charge is 0.444 e. The van der Waals surface area contributed by atoms with Crippen LogP contribution < -0.4 is 16.4 Å². The summed E-state index contributed by atoms with van der Waals surface area (Å²) in [5.74, 6) is 7.33. The van der Waals surface area contributed by atoms with Crippen molar-refractivity contribution in [3.05, 3.63) is 11.8 Å². The fraction of sp³-hybridized carbons (Fsp3) is 0.652.